The molecule has 0 saturated heterocycles. The normalized spacial score (nSPS) is 12.1. The van der Waals surface area contributed by atoms with Crippen molar-refractivity contribution in [1.29, 1.82) is 47.4 Å². The standard InChI is InChI=1S/C35H6F3N9/c36-29-5-21(16(7-39)1-18(29)9-41)34-27(14-46)23-3-26-24(4-25(23)32(34)19(10-42)11-43)28(15-47)35(33(26)20(12-44)13-45)22-6-31(38)30(37)2-17(22)8-40/h1-6H. The lowest BCUT2D eigenvalue weighted by molar-refractivity contribution is 0.508. The summed E-state index contributed by atoms with van der Waals surface area (Å²) >= 11 is 0. The van der Waals surface area contributed by atoms with E-state index in [1.165, 1.54) is 12.1 Å². The maximum Gasteiger partial charge on any atom is 0.160 e. The maximum atomic E-state index is 14.9. The van der Waals surface area contributed by atoms with Crippen LogP contribution in [-0.2, 0) is 0 Å². The van der Waals surface area contributed by atoms with Crippen molar-refractivity contribution in [2.24, 2.45) is 0 Å². The van der Waals surface area contributed by atoms with E-state index in [2.05, 4.69) is 0 Å². The minimum absolute atomic E-state index is 0.00309. The zero-order chi connectivity index (χ0) is 34.2. The highest BCUT2D eigenvalue weighted by Gasteiger charge is 2.38. The highest BCUT2D eigenvalue weighted by Crippen LogP contribution is 2.55. The zero-order valence-electron chi connectivity index (χ0n) is 23.1. The third-order valence-electron chi connectivity index (χ3n) is 7.47. The molecular weight excluding hydrogens is 603 g/mol. The molecule has 212 valence electrons. The number of hydrogen-bond donors (Lipinski definition) is 0. The minimum Gasteiger partial charge on any atom is -0.206 e. The zero-order valence-corrected chi connectivity index (χ0v) is 23.1. The van der Waals surface area contributed by atoms with Gasteiger partial charge in [0.2, 0.25) is 0 Å². The van der Waals surface area contributed by atoms with Gasteiger partial charge in [-0.1, -0.05) is 0 Å². The SMILES string of the molecule is N#CC(C#N)=C1C(c2cc(F)c(F)cc2C#N)=C(C#N)c2cc3c(cc21)C(C#N)=C(c1cc(F)c(C#N)cc1C#N)C3=C(C#N)C#N. The van der Waals surface area contributed by atoms with Gasteiger partial charge in [-0.25, -0.2) is 13.2 Å². The van der Waals surface area contributed by atoms with Crippen molar-refractivity contribution in [2.45, 2.75) is 0 Å². The molecule has 5 rings (SSSR count). The second-order valence-corrected chi connectivity index (χ2v) is 9.64. The highest BCUT2D eigenvalue weighted by atomic mass is 19.2. The summed E-state index contributed by atoms with van der Waals surface area (Å²) in [6, 6.07) is 21.3. The molecule has 0 radical (unpaired) electrons. The molecule has 0 saturated carbocycles. The molecule has 2 aliphatic carbocycles. The summed E-state index contributed by atoms with van der Waals surface area (Å²) in [6.45, 7) is 0. The second-order valence-electron chi connectivity index (χ2n) is 9.64. The van der Waals surface area contributed by atoms with E-state index < -0.39 is 39.7 Å². The van der Waals surface area contributed by atoms with Crippen molar-refractivity contribution < 1.29 is 13.2 Å². The molecular formula is C35H6F3N9. The van der Waals surface area contributed by atoms with Crippen LogP contribution in [0.25, 0.3) is 33.4 Å². The van der Waals surface area contributed by atoms with Gasteiger partial charge in [-0.2, -0.15) is 47.4 Å². The van der Waals surface area contributed by atoms with Crippen molar-refractivity contribution in [3.63, 3.8) is 0 Å². The summed E-state index contributed by atoms with van der Waals surface area (Å²) in [7, 11) is 0. The average molecular weight is 609 g/mol. The van der Waals surface area contributed by atoms with Gasteiger partial charge in [-0.3, -0.25) is 0 Å². The predicted octanol–water partition coefficient (Wildman–Crippen LogP) is 6.22. The predicted molar refractivity (Wildman–Crippen MR) is 154 cm³/mol. The van der Waals surface area contributed by atoms with E-state index in [1.807, 2.05) is 18.2 Å². The maximum absolute atomic E-state index is 14.9. The number of nitrogens with zero attached hydrogens (tertiary/aromatic N) is 9. The fraction of sp³-hybridized carbons (Fsp3) is 0. The van der Waals surface area contributed by atoms with Crippen LogP contribution in [0.1, 0.15) is 50.1 Å². The number of fused-ring (bicyclic) bond motifs is 2. The molecule has 0 fully saturated rings. The quantitative estimate of drug-likeness (QED) is 0.301. The molecule has 0 bridgehead atoms. The molecule has 2 aliphatic rings. The molecule has 3 aromatic carbocycles. The number of hydrogen-bond acceptors (Lipinski definition) is 9. The largest absolute Gasteiger partial charge is 0.206 e. The summed E-state index contributed by atoms with van der Waals surface area (Å²) < 4.78 is 43.6. The first-order chi connectivity index (χ1) is 22.7. The van der Waals surface area contributed by atoms with E-state index in [0.29, 0.717) is 12.1 Å². The van der Waals surface area contributed by atoms with Gasteiger partial charge in [0, 0.05) is 44.5 Å². The van der Waals surface area contributed by atoms with E-state index in [1.54, 1.807) is 36.4 Å². The number of rotatable bonds is 2. The Balaban J connectivity index is 1.98. The van der Waals surface area contributed by atoms with E-state index in [-0.39, 0.29) is 72.4 Å². The Kier molecular flexibility index (Phi) is 7.40. The number of benzene rings is 3. The van der Waals surface area contributed by atoms with Crippen LogP contribution in [0.2, 0.25) is 0 Å². The van der Waals surface area contributed by atoms with Crippen molar-refractivity contribution >= 4 is 33.4 Å². The lowest BCUT2D eigenvalue weighted by Crippen LogP contribution is -1.98. The number of halogens is 3. The van der Waals surface area contributed by atoms with Crippen LogP contribution in [0.5, 0.6) is 0 Å². The summed E-state index contributed by atoms with van der Waals surface area (Å²) in [5.41, 5.74) is -4.41. The third-order valence-corrected chi connectivity index (χ3v) is 7.47. The van der Waals surface area contributed by atoms with Crippen LogP contribution in [-0.4, -0.2) is 0 Å². The molecule has 0 heterocycles. The molecule has 0 unspecified atom stereocenters. The highest BCUT2D eigenvalue weighted by molar-refractivity contribution is 6.30. The van der Waals surface area contributed by atoms with Crippen molar-refractivity contribution in [1.82, 2.24) is 0 Å². The van der Waals surface area contributed by atoms with Crippen LogP contribution in [0, 0.1) is 119 Å². The molecule has 0 amide bonds. The van der Waals surface area contributed by atoms with Crippen LogP contribution in [0.4, 0.5) is 13.2 Å². The number of nitriles is 9. The van der Waals surface area contributed by atoms with Crippen molar-refractivity contribution in [3.8, 4) is 54.6 Å². The Morgan fingerprint density at radius 1 is 0.383 bits per heavy atom. The summed E-state index contributed by atoms with van der Waals surface area (Å²) in [5.74, 6) is -3.82. The van der Waals surface area contributed by atoms with Crippen LogP contribution in [0.15, 0.2) is 47.5 Å². The monoisotopic (exact) mass is 609 g/mol. The van der Waals surface area contributed by atoms with E-state index in [9.17, 15) is 60.5 Å². The topological polar surface area (TPSA) is 214 Å². The lowest BCUT2D eigenvalue weighted by atomic mass is 9.88. The average Bonchev–Trinajstić information content (AvgIpc) is 3.57. The van der Waals surface area contributed by atoms with E-state index >= 15 is 0 Å². The summed E-state index contributed by atoms with van der Waals surface area (Å²) in [5, 5.41) is 89.2. The van der Waals surface area contributed by atoms with Gasteiger partial charge in [0.05, 0.1) is 40.0 Å². The Labute approximate surface area is 263 Å². The molecule has 0 N–H and O–H groups in total. The van der Waals surface area contributed by atoms with Gasteiger partial charge < -0.3 is 0 Å². The Hall–Kier alpha value is -8.18. The summed E-state index contributed by atoms with van der Waals surface area (Å²) in [6.07, 6.45) is 0. The summed E-state index contributed by atoms with van der Waals surface area (Å²) in [4.78, 5) is 0. The first-order valence-corrected chi connectivity index (χ1v) is 12.8. The van der Waals surface area contributed by atoms with Gasteiger partial charge in [0.15, 0.2) is 11.6 Å². The smallest absolute Gasteiger partial charge is 0.160 e. The van der Waals surface area contributed by atoms with Gasteiger partial charge in [0.25, 0.3) is 0 Å². The first-order valence-electron chi connectivity index (χ1n) is 12.8. The third kappa shape index (κ3) is 4.33. The van der Waals surface area contributed by atoms with E-state index in [4.69, 9.17) is 0 Å². The molecule has 9 nitrogen and oxygen atoms in total. The van der Waals surface area contributed by atoms with Crippen LogP contribution in [0.3, 0.4) is 0 Å². The van der Waals surface area contributed by atoms with Gasteiger partial charge in [-0.05, 0) is 47.5 Å². The van der Waals surface area contributed by atoms with Gasteiger partial charge in [-0.15, -0.1) is 0 Å². The van der Waals surface area contributed by atoms with Crippen molar-refractivity contribution in [2.75, 3.05) is 0 Å². The fourth-order valence-corrected chi connectivity index (χ4v) is 5.58. The molecule has 0 aliphatic heterocycles. The van der Waals surface area contributed by atoms with E-state index in [0.717, 1.165) is 12.1 Å². The minimum atomic E-state index is -1.39. The second kappa shape index (κ2) is 11.5. The Morgan fingerprint density at radius 3 is 1.15 bits per heavy atom. The van der Waals surface area contributed by atoms with Gasteiger partial charge in [0.1, 0.15) is 59.4 Å². The molecule has 0 atom stereocenters. The molecule has 3 aromatic rings. The Morgan fingerprint density at radius 2 is 0.766 bits per heavy atom. The van der Waals surface area contributed by atoms with Crippen LogP contribution >= 0.6 is 0 Å². The molecule has 0 spiro atoms. The molecule has 12 heteroatoms. The first kappa shape index (κ1) is 30.3. The van der Waals surface area contributed by atoms with Crippen molar-refractivity contribution in [3.05, 3.63) is 115 Å². The fourth-order valence-electron chi connectivity index (χ4n) is 5.58. The van der Waals surface area contributed by atoms with Crippen LogP contribution < -0.4 is 0 Å². The number of allylic oxidation sites excluding steroid dienone is 8. The Bertz CT molecular complexity index is 2560. The lowest BCUT2D eigenvalue weighted by Gasteiger charge is -2.12. The van der Waals surface area contributed by atoms with Gasteiger partial charge >= 0.3 is 0 Å². The molecule has 47 heavy (non-hydrogen) atoms. The molecule has 0 aromatic heterocycles.